The van der Waals surface area contributed by atoms with Crippen LogP contribution in [0.2, 0.25) is 0 Å². The molecular formula is C9H10N2O4. The molecule has 1 heterocycles. The van der Waals surface area contributed by atoms with Gasteiger partial charge in [0.2, 0.25) is 0 Å². The van der Waals surface area contributed by atoms with E-state index in [1.807, 2.05) is 4.98 Å². The Hall–Kier alpha value is -2.11. The molecule has 0 amide bonds. The summed E-state index contributed by atoms with van der Waals surface area (Å²) in [7, 11) is 0. The highest BCUT2D eigenvalue weighted by Crippen LogP contribution is 1.88. The molecule has 0 aliphatic carbocycles. The second kappa shape index (κ2) is 3.95. The van der Waals surface area contributed by atoms with E-state index in [-0.39, 0.29) is 11.1 Å². The topological polar surface area (TPSA) is 81.2 Å². The molecule has 1 rings (SSSR count). The molecule has 1 aromatic heterocycles. The molecule has 80 valence electrons. The van der Waals surface area contributed by atoms with Gasteiger partial charge in [-0.25, -0.2) is 9.59 Å². The average Bonchev–Trinajstić information content (AvgIpc) is 2.13. The number of hydrogen-bond donors (Lipinski definition) is 1. The van der Waals surface area contributed by atoms with Crippen LogP contribution in [0.1, 0.15) is 12.5 Å². The number of H-pyrrole nitrogens is 1. The van der Waals surface area contributed by atoms with Gasteiger partial charge in [-0.05, 0) is 13.8 Å². The van der Waals surface area contributed by atoms with Crippen LogP contribution < -0.4 is 16.1 Å². The summed E-state index contributed by atoms with van der Waals surface area (Å²) in [6.07, 6.45) is 1.14. The van der Waals surface area contributed by atoms with Crippen molar-refractivity contribution in [3.8, 4) is 0 Å². The summed E-state index contributed by atoms with van der Waals surface area (Å²) in [6, 6.07) is 0. The van der Waals surface area contributed by atoms with E-state index in [1.54, 1.807) is 0 Å². The van der Waals surface area contributed by atoms with Crippen LogP contribution in [-0.2, 0) is 4.79 Å². The van der Waals surface area contributed by atoms with Crippen LogP contribution in [0.5, 0.6) is 0 Å². The van der Waals surface area contributed by atoms with E-state index in [4.69, 9.17) is 0 Å². The van der Waals surface area contributed by atoms with Gasteiger partial charge in [0, 0.05) is 11.1 Å². The summed E-state index contributed by atoms with van der Waals surface area (Å²) in [5.74, 6) is -0.733. The quantitative estimate of drug-likeness (QED) is 0.659. The molecule has 0 radical (unpaired) electrons. The molecule has 0 saturated carbocycles. The Morgan fingerprint density at radius 1 is 1.53 bits per heavy atom. The fraction of sp³-hybridized carbons (Fsp3) is 0.222. The Bertz CT molecular complexity index is 524. The van der Waals surface area contributed by atoms with Crippen molar-refractivity contribution in [2.24, 2.45) is 0 Å². The molecule has 0 unspecified atom stereocenters. The molecule has 0 bridgehead atoms. The molecule has 6 heteroatoms. The summed E-state index contributed by atoms with van der Waals surface area (Å²) < 4.78 is 0.660. The number of aromatic amines is 1. The molecular weight excluding hydrogens is 200 g/mol. The molecule has 0 aliphatic rings. The summed E-state index contributed by atoms with van der Waals surface area (Å²) >= 11 is 0. The van der Waals surface area contributed by atoms with Crippen molar-refractivity contribution in [1.29, 1.82) is 0 Å². The maximum atomic E-state index is 11.2. The third-order valence-corrected chi connectivity index (χ3v) is 1.62. The van der Waals surface area contributed by atoms with Gasteiger partial charge in [0.15, 0.2) is 0 Å². The maximum absolute atomic E-state index is 11.2. The molecule has 0 spiro atoms. The van der Waals surface area contributed by atoms with Crippen molar-refractivity contribution in [3.63, 3.8) is 0 Å². The van der Waals surface area contributed by atoms with Crippen LogP contribution in [0, 0.1) is 6.92 Å². The predicted octanol–water partition coefficient (Wildman–Crippen LogP) is -0.624. The Morgan fingerprint density at radius 2 is 2.13 bits per heavy atom. The molecule has 1 N–H and O–H groups in total. The standard InChI is InChI=1S/C9H10N2O4/c1-5(2)8(13)15-11-4-6(3)7(12)10-9(11)14/h4H,1H2,2-3H3,(H,10,12,14). The van der Waals surface area contributed by atoms with Crippen molar-refractivity contribution < 1.29 is 9.63 Å². The lowest BCUT2D eigenvalue weighted by molar-refractivity contribution is -0.140. The SMILES string of the molecule is C=C(C)C(=O)On1cc(C)c(=O)[nH]c1=O. The van der Waals surface area contributed by atoms with Gasteiger partial charge in [0.25, 0.3) is 5.56 Å². The predicted molar refractivity (Wildman–Crippen MR) is 52.5 cm³/mol. The smallest absolute Gasteiger partial charge is 0.327 e. The number of rotatable bonds is 2. The molecule has 0 saturated heterocycles. The second-order valence-electron chi connectivity index (χ2n) is 3.06. The van der Waals surface area contributed by atoms with E-state index in [2.05, 4.69) is 11.4 Å². The van der Waals surface area contributed by atoms with Gasteiger partial charge in [-0.2, -0.15) is 0 Å². The highest BCUT2D eigenvalue weighted by atomic mass is 16.7. The van der Waals surface area contributed by atoms with E-state index in [1.165, 1.54) is 13.8 Å². The van der Waals surface area contributed by atoms with Gasteiger partial charge in [-0.15, -0.1) is 4.73 Å². The van der Waals surface area contributed by atoms with E-state index >= 15 is 0 Å². The number of nitrogens with zero attached hydrogens (tertiary/aromatic N) is 1. The largest absolute Gasteiger partial charge is 0.361 e. The highest BCUT2D eigenvalue weighted by molar-refractivity contribution is 5.87. The summed E-state index contributed by atoms with van der Waals surface area (Å²) in [4.78, 5) is 39.9. The monoisotopic (exact) mass is 210 g/mol. The number of aromatic nitrogens is 2. The van der Waals surface area contributed by atoms with Crippen LogP contribution in [0.4, 0.5) is 0 Å². The Morgan fingerprint density at radius 3 is 2.67 bits per heavy atom. The van der Waals surface area contributed by atoms with Crippen molar-refractivity contribution >= 4 is 5.97 Å². The van der Waals surface area contributed by atoms with Crippen LogP contribution in [0.15, 0.2) is 27.9 Å². The molecule has 0 aromatic carbocycles. The van der Waals surface area contributed by atoms with Crippen molar-refractivity contribution in [2.75, 3.05) is 0 Å². The molecule has 15 heavy (non-hydrogen) atoms. The van der Waals surface area contributed by atoms with E-state index in [9.17, 15) is 14.4 Å². The van der Waals surface area contributed by atoms with E-state index in [0.717, 1.165) is 6.20 Å². The summed E-state index contributed by atoms with van der Waals surface area (Å²) in [6.45, 7) is 6.30. The van der Waals surface area contributed by atoms with Gasteiger partial charge in [-0.3, -0.25) is 9.78 Å². The molecule has 0 atom stereocenters. The van der Waals surface area contributed by atoms with Crippen LogP contribution in [0.3, 0.4) is 0 Å². The molecule has 6 nitrogen and oxygen atoms in total. The second-order valence-corrected chi connectivity index (χ2v) is 3.06. The normalized spacial score (nSPS) is 9.73. The Kier molecular flexibility index (Phi) is 2.89. The van der Waals surface area contributed by atoms with E-state index < -0.39 is 17.2 Å². The number of carbonyl (C=O) groups excluding carboxylic acids is 1. The van der Waals surface area contributed by atoms with Crippen molar-refractivity contribution in [2.45, 2.75) is 13.8 Å². The van der Waals surface area contributed by atoms with Crippen LogP contribution in [-0.4, -0.2) is 15.7 Å². The fourth-order valence-electron chi connectivity index (χ4n) is 0.779. The van der Waals surface area contributed by atoms with E-state index in [0.29, 0.717) is 4.73 Å². The van der Waals surface area contributed by atoms with Gasteiger partial charge in [0.05, 0.1) is 6.20 Å². The third-order valence-electron chi connectivity index (χ3n) is 1.62. The van der Waals surface area contributed by atoms with Gasteiger partial charge in [0.1, 0.15) is 0 Å². The van der Waals surface area contributed by atoms with Crippen LogP contribution >= 0.6 is 0 Å². The highest BCUT2D eigenvalue weighted by Gasteiger charge is 2.07. The van der Waals surface area contributed by atoms with Gasteiger partial charge < -0.3 is 4.84 Å². The van der Waals surface area contributed by atoms with Crippen molar-refractivity contribution in [3.05, 3.63) is 44.8 Å². The molecule has 0 fully saturated rings. The zero-order valence-corrected chi connectivity index (χ0v) is 8.36. The third kappa shape index (κ3) is 2.43. The zero-order valence-electron chi connectivity index (χ0n) is 8.36. The first kappa shape index (κ1) is 11.0. The van der Waals surface area contributed by atoms with Gasteiger partial charge >= 0.3 is 11.7 Å². The molecule has 0 aliphatic heterocycles. The first-order chi connectivity index (χ1) is 6.91. The summed E-state index contributed by atoms with van der Waals surface area (Å²) in [5, 5.41) is 0. The van der Waals surface area contributed by atoms with Gasteiger partial charge in [-0.1, -0.05) is 6.58 Å². The maximum Gasteiger partial charge on any atom is 0.361 e. The number of carbonyl (C=O) groups is 1. The van der Waals surface area contributed by atoms with Crippen molar-refractivity contribution in [1.82, 2.24) is 9.71 Å². The first-order valence-electron chi connectivity index (χ1n) is 4.12. The average molecular weight is 210 g/mol. The molecule has 1 aromatic rings. The first-order valence-corrected chi connectivity index (χ1v) is 4.12. The Balaban J connectivity index is 3.12. The zero-order chi connectivity index (χ0) is 11.6. The minimum Gasteiger partial charge on any atom is -0.327 e. The number of aryl methyl sites for hydroxylation is 1. The fourth-order valence-corrected chi connectivity index (χ4v) is 0.779. The lowest BCUT2D eigenvalue weighted by Gasteiger charge is -2.05. The lowest BCUT2D eigenvalue weighted by atomic mass is 10.4. The number of hydrogen-bond acceptors (Lipinski definition) is 4. The lowest BCUT2D eigenvalue weighted by Crippen LogP contribution is -2.36. The minimum absolute atomic E-state index is 0.158. The minimum atomic E-state index is -0.805. The summed E-state index contributed by atoms with van der Waals surface area (Å²) in [5.41, 5.74) is -0.891. The Labute approximate surface area is 84.8 Å². The number of nitrogens with one attached hydrogen (secondary N) is 1. The van der Waals surface area contributed by atoms with Crippen LogP contribution in [0.25, 0.3) is 0 Å².